The van der Waals surface area contributed by atoms with Crippen molar-refractivity contribution in [3.8, 4) is 0 Å². The molecule has 0 aromatic rings. The molecule has 4 heteroatoms. The average Bonchev–Trinajstić information content (AvgIpc) is 2.30. The minimum atomic E-state index is 0.0462. The van der Waals surface area contributed by atoms with Gasteiger partial charge in [-0.05, 0) is 32.4 Å². The number of hydrogen-bond acceptors (Lipinski definition) is 3. The van der Waals surface area contributed by atoms with E-state index in [0.29, 0.717) is 0 Å². The lowest BCUT2D eigenvalue weighted by Gasteiger charge is -2.22. The van der Waals surface area contributed by atoms with Crippen LogP contribution >= 0.6 is 0 Å². The molecule has 1 fully saturated rings. The number of carbonyl (C=O) groups is 1. The topological polar surface area (TPSA) is 53.2 Å². The molecule has 1 aliphatic heterocycles. The van der Waals surface area contributed by atoms with Gasteiger partial charge in [0.25, 0.3) is 0 Å². The SMILES string of the molecule is CCCNCCNC(=O)[C@H]1CCCCN1. The van der Waals surface area contributed by atoms with Gasteiger partial charge in [-0.15, -0.1) is 0 Å². The van der Waals surface area contributed by atoms with Crippen LogP contribution in [0.2, 0.25) is 0 Å². The van der Waals surface area contributed by atoms with Crippen molar-refractivity contribution in [2.45, 2.75) is 38.6 Å². The van der Waals surface area contributed by atoms with E-state index in [1.54, 1.807) is 0 Å². The summed E-state index contributed by atoms with van der Waals surface area (Å²) in [6.45, 7) is 5.74. The maximum Gasteiger partial charge on any atom is 0.237 e. The molecule has 0 bridgehead atoms. The van der Waals surface area contributed by atoms with Crippen molar-refractivity contribution in [1.29, 1.82) is 0 Å². The second kappa shape index (κ2) is 7.65. The maximum absolute atomic E-state index is 11.6. The normalized spacial score (nSPS) is 21.3. The minimum Gasteiger partial charge on any atom is -0.353 e. The molecule has 1 heterocycles. The van der Waals surface area contributed by atoms with Gasteiger partial charge in [-0.2, -0.15) is 0 Å². The van der Waals surface area contributed by atoms with Gasteiger partial charge in [0.1, 0.15) is 0 Å². The number of piperidine rings is 1. The van der Waals surface area contributed by atoms with Crippen LogP contribution in [0.15, 0.2) is 0 Å². The zero-order chi connectivity index (χ0) is 10.9. The molecule has 0 aromatic carbocycles. The summed E-state index contributed by atoms with van der Waals surface area (Å²) in [6, 6.07) is 0.0462. The lowest BCUT2D eigenvalue weighted by atomic mass is 10.0. The van der Waals surface area contributed by atoms with Crippen molar-refractivity contribution in [2.24, 2.45) is 0 Å². The standard InChI is InChI=1S/C11H23N3O/c1-2-6-12-8-9-14-11(15)10-5-3-4-7-13-10/h10,12-13H,2-9H2,1H3,(H,14,15)/t10-/m1/s1. The first-order valence-corrected chi connectivity index (χ1v) is 6.06. The highest BCUT2D eigenvalue weighted by Gasteiger charge is 2.19. The van der Waals surface area contributed by atoms with Gasteiger partial charge in [0, 0.05) is 13.1 Å². The van der Waals surface area contributed by atoms with Crippen molar-refractivity contribution < 1.29 is 4.79 Å². The van der Waals surface area contributed by atoms with E-state index in [4.69, 9.17) is 0 Å². The third kappa shape index (κ3) is 5.14. The van der Waals surface area contributed by atoms with Crippen LogP contribution in [0.5, 0.6) is 0 Å². The molecule has 0 aliphatic carbocycles. The van der Waals surface area contributed by atoms with E-state index in [2.05, 4.69) is 22.9 Å². The molecule has 0 saturated carbocycles. The van der Waals surface area contributed by atoms with E-state index < -0.39 is 0 Å². The van der Waals surface area contributed by atoms with Crippen LogP contribution in [0.3, 0.4) is 0 Å². The maximum atomic E-state index is 11.6. The Kier molecular flexibility index (Phi) is 6.36. The van der Waals surface area contributed by atoms with E-state index in [1.807, 2.05) is 0 Å². The Morgan fingerprint density at radius 1 is 1.33 bits per heavy atom. The Morgan fingerprint density at radius 3 is 2.87 bits per heavy atom. The molecule has 0 spiro atoms. The molecule has 4 nitrogen and oxygen atoms in total. The molecule has 1 rings (SSSR count). The third-order valence-electron chi connectivity index (χ3n) is 2.65. The largest absolute Gasteiger partial charge is 0.353 e. The van der Waals surface area contributed by atoms with Gasteiger partial charge in [0.2, 0.25) is 5.91 Å². The predicted octanol–water partition coefficient (Wildman–Crippen LogP) is 0.244. The Balaban J connectivity index is 2.02. The third-order valence-corrected chi connectivity index (χ3v) is 2.65. The highest BCUT2D eigenvalue weighted by Crippen LogP contribution is 2.06. The van der Waals surface area contributed by atoms with Crippen LogP contribution in [0.1, 0.15) is 32.6 Å². The van der Waals surface area contributed by atoms with Crippen molar-refractivity contribution in [2.75, 3.05) is 26.2 Å². The summed E-state index contributed by atoms with van der Waals surface area (Å²) in [4.78, 5) is 11.6. The summed E-state index contributed by atoms with van der Waals surface area (Å²) in [6.07, 6.45) is 4.48. The fraction of sp³-hybridized carbons (Fsp3) is 0.909. The van der Waals surface area contributed by atoms with E-state index in [-0.39, 0.29) is 11.9 Å². The van der Waals surface area contributed by atoms with Gasteiger partial charge in [-0.3, -0.25) is 4.79 Å². The summed E-state index contributed by atoms with van der Waals surface area (Å²) >= 11 is 0. The van der Waals surface area contributed by atoms with Gasteiger partial charge < -0.3 is 16.0 Å². The Bertz CT molecular complexity index is 179. The minimum absolute atomic E-state index is 0.0462. The predicted molar refractivity (Wildman–Crippen MR) is 61.8 cm³/mol. The Hall–Kier alpha value is -0.610. The average molecular weight is 213 g/mol. The van der Waals surface area contributed by atoms with Crippen molar-refractivity contribution in [1.82, 2.24) is 16.0 Å². The molecular weight excluding hydrogens is 190 g/mol. The monoisotopic (exact) mass is 213 g/mol. The van der Waals surface area contributed by atoms with E-state index in [9.17, 15) is 4.79 Å². The molecule has 0 unspecified atom stereocenters. The van der Waals surface area contributed by atoms with Crippen LogP contribution in [-0.2, 0) is 4.79 Å². The molecule has 15 heavy (non-hydrogen) atoms. The summed E-state index contributed by atoms with van der Waals surface area (Å²) in [5.74, 6) is 0.160. The summed E-state index contributed by atoms with van der Waals surface area (Å²) in [5.41, 5.74) is 0. The van der Waals surface area contributed by atoms with Gasteiger partial charge in [-0.25, -0.2) is 0 Å². The molecule has 3 N–H and O–H groups in total. The smallest absolute Gasteiger partial charge is 0.237 e. The molecule has 1 aliphatic rings. The number of hydrogen-bond donors (Lipinski definition) is 3. The van der Waals surface area contributed by atoms with Crippen LogP contribution < -0.4 is 16.0 Å². The van der Waals surface area contributed by atoms with Crippen molar-refractivity contribution >= 4 is 5.91 Å². The highest BCUT2D eigenvalue weighted by molar-refractivity contribution is 5.81. The summed E-state index contributed by atoms with van der Waals surface area (Å²) < 4.78 is 0. The molecule has 88 valence electrons. The summed E-state index contributed by atoms with van der Waals surface area (Å²) in [7, 11) is 0. The van der Waals surface area contributed by atoms with Gasteiger partial charge in [0.05, 0.1) is 6.04 Å². The van der Waals surface area contributed by atoms with Gasteiger partial charge in [0.15, 0.2) is 0 Å². The molecule has 0 aromatic heterocycles. The van der Waals surface area contributed by atoms with Gasteiger partial charge >= 0.3 is 0 Å². The zero-order valence-electron chi connectivity index (χ0n) is 9.64. The molecule has 1 atom stereocenters. The zero-order valence-corrected chi connectivity index (χ0v) is 9.64. The number of carbonyl (C=O) groups excluding carboxylic acids is 1. The van der Waals surface area contributed by atoms with Crippen LogP contribution in [0, 0.1) is 0 Å². The first kappa shape index (κ1) is 12.5. The van der Waals surface area contributed by atoms with Crippen LogP contribution in [0.4, 0.5) is 0 Å². The van der Waals surface area contributed by atoms with E-state index in [1.165, 1.54) is 12.8 Å². The fourth-order valence-electron chi connectivity index (χ4n) is 1.77. The molecular formula is C11H23N3O. The quantitative estimate of drug-likeness (QED) is 0.554. The first-order chi connectivity index (χ1) is 7.34. The number of nitrogens with one attached hydrogen (secondary N) is 3. The Labute approximate surface area is 92.2 Å². The summed E-state index contributed by atoms with van der Waals surface area (Å²) in [5, 5.41) is 9.44. The van der Waals surface area contributed by atoms with Crippen LogP contribution in [0.25, 0.3) is 0 Å². The first-order valence-electron chi connectivity index (χ1n) is 6.06. The number of amides is 1. The second-order valence-corrected chi connectivity index (χ2v) is 4.04. The lowest BCUT2D eigenvalue weighted by Crippen LogP contribution is -2.47. The van der Waals surface area contributed by atoms with Crippen molar-refractivity contribution in [3.63, 3.8) is 0 Å². The second-order valence-electron chi connectivity index (χ2n) is 4.04. The highest BCUT2D eigenvalue weighted by atomic mass is 16.2. The Morgan fingerprint density at radius 2 is 2.20 bits per heavy atom. The lowest BCUT2D eigenvalue weighted by molar-refractivity contribution is -0.123. The molecule has 0 radical (unpaired) electrons. The number of rotatable bonds is 6. The van der Waals surface area contributed by atoms with Gasteiger partial charge in [-0.1, -0.05) is 13.3 Å². The van der Waals surface area contributed by atoms with Crippen molar-refractivity contribution in [3.05, 3.63) is 0 Å². The fourth-order valence-corrected chi connectivity index (χ4v) is 1.77. The molecule has 1 saturated heterocycles. The van der Waals surface area contributed by atoms with E-state index in [0.717, 1.165) is 39.0 Å². The molecule has 1 amide bonds. The van der Waals surface area contributed by atoms with E-state index >= 15 is 0 Å². The van der Waals surface area contributed by atoms with Crippen LogP contribution in [-0.4, -0.2) is 38.1 Å².